The van der Waals surface area contributed by atoms with E-state index in [2.05, 4.69) is 33.2 Å². The minimum absolute atomic E-state index is 0.00111. The highest BCUT2D eigenvalue weighted by atomic mass is 32.1. The van der Waals surface area contributed by atoms with Crippen molar-refractivity contribution in [2.24, 2.45) is 5.92 Å². The molecule has 0 aliphatic carbocycles. The highest BCUT2D eigenvalue weighted by Crippen LogP contribution is 2.37. The average Bonchev–Trinajstić information content (AvgIpc) is 1.71. The van der Waals surface area contributed by atoms with Crippen molar-refractivity contribution in [1.29, 1.82) is 0 Å². The summed E-state index contributed by atoms with van der Waals surface area (Å²) in [6.45, 7) is 19.4. The first kappa shape index (κ1) is 63.3. The standard InChI is InChI=1S/C68H84N6O11S/c1-8-72(53-24-32-83-33-25-53)59-36-52(35-58(46(59)6)61(76)23-22-56-44(4)34-45(5)71-65(56)77)48-18-20-55(21-19-48)84-30-12-28-81-26-11-27-82-29-13-31-85-62-37-49(64-47(7)70-42-86-64)16-17-50(62)39-69-66(78)60-38-54(75)41-73(60)68(80)63(43(2)3)74-40-51-14-9-10-15-57(51)67(74)79/h9-10,14-21,34-37,42-43,53-54,60,63,75H,8,11-13,22-33,38-41H2,1-7H3,(H,69,78)(H,71,77)/t54-,60?,63+/m1/s1. The number of nitrogens with one attached hydrogen (secondary N) is 2. The summed E-state index contributed by atoms with van der Waals surface area (Å²) in [6, 6.07) is 26.0. The molecule has 5 heterocycles. The molecule has 2 fully saturated rings. The second-order valence-electron chi connectivity index (χ2n) is 23.2. The zero-order valence-corrected chi connectivity index (χ0v) is 51.7. The molecule has 0 bridgehead atoms. The van der Waals surface area contributed by atoms with Gasteiger partial charge in [0.15, 0.2) is 5.78 Å². The predicted octanol–water partition coefficient (Wildman–Crippen LogP) is 10.1. The van der Waals surface area contributed by atoms with Gasteiger partial charge < -0.3 is 53.8 Å². The summed E-state index contributed by atoms with van der Waals surface area (Å²) in [5.41, 5.74) is 12.7. The number of pyridine rings is 1. The van der Waals surface area contributed by atoms with Crippen molar-refractivity contribution in [2.75, 3.05) is 70.8 Å². The largest absolute Gasteiger partial charge is 0.494 e. The number of fused-ring (bicyclic) bond motifs is 1. The number of carbonyl (C=O) groups is 4. The summed E-state index contributed by atoms with van der Waals surface area (Å²) in [5.74, 6) is 0.197. The monoisotopic (exact) mass is 1190 g/mol. The lowest BCUT2D eigenvalue weighted by atomic mass is 9.92. The van der Waals surface area contributed by atoms with Gasteiger partial charge in [-0.3, -0.25) is 24.0 Å². The molecule has 3 amide bonds. The summed E-state index contributed by atoms with van der Waals surface area (Å²) in [5, 5.41) is 13.8. The van der Waals surface area contributed by atoms with Crippen LogP contribution in [-0.2, 0) is 43.3 Å². The molecule has 0 saturated carbocycles. The van der Waals surface area contributed by atoms with Gasteiger partial charge in [0.1, 0.15) is 23.6 Å². The van der Waals surface area contributed by atoms with E-state index in [9.17, 15) is 29.1 Å². The first-order valence-electron chi connectivity index (χ1n) is 30.5. The normalized spacial score (nSPS) is 16.4. The quantitative estimate of drug-likeness (QED) is 0.0296. The number of rotatable bonds is 29. The number of carbonyl (C=O) groups excluding carboxylic acids is 4. The van der Waals surface area contributed by atoms with Gasteiger partial charge >= 0.3 is 0 Å². The Hall–Kier alpha value is -7.22. The van der Waals surface area contributed by atoms with Crippen molar-refractivity contribution in [2.45, 2.75) is 137 Å². The van der Waals surface area contributed by atoms with Gasteiger partial charge in [0.2, 0.25) is 11.8 Å². The van der Waals surface area contributed by atoms with Gasteiger partial charge in [-0.15, -0.1) is 11.3 Å². The lowest BCUT2D eigenvalue weighted by Gasteiger charge is -2.37. The van der Waals surface area contributed by atoms with E-state index in [1.807, 2.05) is 120 Å². The van der Waals surface area contributed by atoms with Crippen LogP contribution in [0.1, 0.15) is 126 Å². The van der Waals surface area contributed by atoms with Gasteiger partial charge in [-0.25, -0.2) is 4.98 Å². The number of anilines is 1. The second kappa shape index (κ2) is 29.9. The molecule has 18 heteroatoms. The molecule has 9 rings (SSSR count). The maximum atomic E-state index is 14.3. The lowest BCUT2D eigenvalue weighted by Crippen LogP contribution is -2.55. The molecule has 3 N–H and O–H groups in total. The van der Waals surface area contributed by atoms with E-state index >= 15 is 0 Å². The summed E-state index contributed by atoms with van der Waals surface area (Å²) in [4.78, 5) is 82.5. The number of hydrogen-bond donors (Lipinski definition) is 3. The zero-order valence-electron chi connectivity index (χ0n) is 50.9. The molecule has 3 aliphatic heterocycles. The molecule has 2 saturated heterocycles. The van der Waals surface area contributed by atoms with Crippen molar-refractivity contribution < 1.29 is 48.0 Å². The number of aliphatic hydroxyl groups is 1. The maximum Gasteiger partial charge on any atom is 0.255 e. The van der Waals surface area contributed by atoms with Crippen LogP contribution >= 0.6 is 11.3 Å². The Kier molecular flexibility index (Phi) is 22.0. The number of β-amino-alcohol motifs (C(OH)–C–C–N with tert-alkyl or cyclic N) is 1. The number of thiazole rings is 1. The van der Waals surface area contributed by atoms with Crippen molar-refractivity contribution >= 4 is 40.5 Å². The fraction of sp³-hybridized carbons (Fsp3) is 0.471. The lowest BCUT2D eigenvalue weighted by molar-refractivity contribution is -0.143. The number of nitrogens with zero attached hydrogens (tertiary/aromatic N) is 4. The zero-order chi connectivity index (χ0) is 60.9. The van der Waals surface area contributed by atoms with Crippen LogP contribution in [0.25, 0.3) is 21.6 Å². The maximum absolute atomic E-state index is 14.3. The topological polar surface area (TPSA) is 202 Å². The fourth-order valence-corrected chi connectivity index (χ4v) is 13.0. The summed E-state index contributed by atoms with van der Waals surface area (Å²) < 4.78 is 30.1. The van der Waals surface area contributed by atoms with Gasteiger partial charge in [-0.05, 0) is 142 Å². The van der Waals surface area contributed by atoms with E-state index in [0.29, 0.717) is 107 Å². The number of hydrogen-bond acceptors (Lipinski definition) is 14. The number of ketones is 1. The van der Waals surface area contributed by atoms with Crippen LogP contribution in [0.3, 0.4) is 0 Å². The van der Waals surface area contributed by atoms with E-state index in [1.54, 1.807) is 22.3 Å². The summed E-state index contributed by atoms with van der Waals surface area (Å²) in [7, 11) is 0. The van der Waals surface area contributed by atoms with Crippen LogP contribution in [0.4, 0.5) is 5.69 Å². The summed E-state index contributed by atoms with van der Waals surface area (Å²) in [6.07, 6.45) is 3.74. The molecule has 458 valence electrons. The fourth-order valence-electron chi connectivity index (χ4n) is 12.2. The van der Waals surface area contributed by atoms with Crippen LogP contribution in [0.2, 0.25) is 0 Å². The molecule has 3 aliphatic rings. The van der Waals surface area contributed by atoms with Gasteiger partial charge in [0.25, 0.3) is 11.5 Å². The van der Waals surface area contributed by atoms with E-state index < -0.39 is 18.2 Å². The van der Waals surface area contributed by atoms with Crippen LogP contribution in [-0.4, -0.2) is 139 Å². The van der Waals surface area contributed by atoms with Crippen molar-refractivity contribution in [3.05, 3.63) is 151 Å². The van der Waals surface area contributed by atoms with Gasteiger partial charge in [-0.1, -0.05) is 56.3 Å². The Bertz CT molecular complexity index is 3370. The number of amides is 3. The van der Waals surface area contributed by atoms with Gasteiger partial charge in [0, 0.05) is 131 Å². The number of H-pyrrole nitrogens is 1. The van der Waals surface area contributed by atoms with Crippen LogP contribution in [0.5, 0.6) is 11.5 Å². The highest BCUT2D eigenvalue weighted by Gasteiger charge is 2.46. The van der Waals surface area contributed by atoms with E-state index in [-0.39, 0.29) is 60.9 Å². The molecule has 0 radical (unpaired) electrons. The molecule has 1 unspecified atom stereocenters. The molecule has 2 aromatic heterocycles. The minimum atomic E-state index is -0.908. The third-order valence-electron chi connectivity index (χ3n) is 16.7. The number of ether oxygens (including phenoxy) is 5. The molecule has 0 spiro atoms. The molecule has 86 heavy (non-hydrogen) atoms. The van der Waals surface area contributed by atoms with Crippen molar-refractivity contribution in [3.63, 3.8) is 0 Å². The Balaban J connectivity index is 0.708. The Labute approximate surface area is 509 Å². The van der Waals surface area contributed by atoms with E-state index in [4.69, 9.17) is 23.7 Å². The Morgan fingerprint density at radius 2 is 1.55 bits per heavy atom. The van der Waals surface area contributed by atoms with Crippen LogP contribution < -0.4 is 25.2 Å². The SMILES string of the molecule is CCN(c1cc(-c2ccc(OCCCOCCCOCCCOc3cc(-c4scnc4C)ccc3CNC(=O)C3C[C@@H](O)CN3C(=O)[C@H](C(C)C)N3Cc4ccccc4C3=O)cc2)cc(C(=O)CCc2c(C)cc(C)[nH]c2=O)c1C)C1CCOCC1. The molecule has 4 aromatic carbocycles. The molecular weight excluding hydrogens is 1110 g/mol. The van der Waals surface area contributed by atoms with Crippen molar-refractivity contribution in [3.8, 4) is 33.1 Å². The smallest absolute Gasteiger partial charge is 0.255 e. The van der Waals surface area contributed by atoms with Crippen molar-refractivity contribution in [1.82, 2.24) is 25.1 Å². The second-order valence-corrected chi connectivity index (χ2v) is 24.0. The molecule has 6 aromatic rings. The minimum Gasteiger partial charge on any atom is -0.494 e. The van der Waals surface area contributed by atoms with E-state index in [0.717, 1.165) is 92.5 Å². The highest BCUT2D eigenvalue weighted by molar-refractivity contribution is 7.13. The molecule has 3 atom stereocenters. The Morgan fingerprint density at radius 1 is 0.849 bits per heavy atom. The number of aromatic nitrogens is 2. The first-order valence-corrected chi connectivity index (χ1v) is 31.4. The molecular formula is C68H84N6O11S. The Morgan fingerprint density at radius 3 is 2.22 bits per heavy atom. The number of aryl methyl sites for hydroxylation is 3. The van der Waals surface area contributed by atoms with Crippen LogP contribution in [0, 0.1) is 33.6 Å². The number of aromatic amines is 1. The number of benzene rings is 4. The number of Topliss-reactive ketones (excluding diaryl/α,β-unsaturated/α-hetero) is 1. The molecule has 17 nitrogen and oxygen atoms in total. The number of likely N-dealkylation sites (tertiary alicyclic amines) is 1. The average molecular weight is 1190 g/mol. The predicted molar refractivity (Wildman–Crippen MR) is 334 cm³/mol. The van der Waals surface area contributed by atoms with Gasteiger partial charge in [0.05, 0.1) is 35.4 Å². The third-order valence-corrected chi connectivity index (χ3v) is 17.7. The third kappa shape index (κ3) is 15.5. The first-order chi connectivity index (χ1) is 41.6. The van der Waals surface area contributed by atoms with Crippen LogP contribution in [0.15, 0.2) is 95.2 Å². The van der Waals surface area contributed by atoms with E-state index in [1.165, 1.54) is 4.90 Å². The van der Waals surface area contributed by atoms with Gasteiger partial charge in [-0.2, -0.15) is 0 Å². The number of aliphatic hydroxyl groups excluding tert-OH is 1. The summed E-state index contributed by atoms with van der Waals surface area (Å²) >= 11 is 1.54.